The summed E-state index contributed by atoms with van der Waals surface area (Å²) in [6.45, 7) is 3.80. The van der Waals surface area contributed by atoms with Gasteiger partial charge in [-0.15, -0.1) is 0 Å². The Kier molecular flexibility index (Phi) is 4.59. The first-order valence-corrected chi connectivity index (χ1v) is 10.8. The van der Waals surface area contributed by atoms with E-state index in [4.69, 9.17) is 0 Å². The van der Waals surface area contributed by atoms with Crippen molar-refractivity contribution in [3.05, 3.63) is 59.7 Å². The minimum atomic E-state index is -3.87. The average molecular weight is 398 g/mol. The molecule has 4 rings (SSSR count). The molecule has 1 saturated carbocycles. The zero-order chi connectivity index (χ0) is 20.1. The van der Waals surface area contributed by atoms with Crippen LogP contribution in [0.3, 0.4) is 0 Å². The number of sulfonamides is 1. The summed E-state index contributed by atoms with van der Waals surface area (Å²) in [6.07, 6.45) is 1.27. The Bertz CT molecular complexity index is 1030. The van der Waals surface area contributed by atoms with Crippen molar-refractivity contribution in [3.8, 4) is 0 Å². The highest BCUT2D eigenvalue weighted by molar-refractivity contribution is 7.89. The van der Waals surface area contributed by atoms with Crippen molar-refractivity contribution < 1.29 is 18.0 Å². The highest BCUT2D eigenvalue weighted by Gasteiger charge is 2.51. The lowest BCUT2D eigenvalue weighted by Crippen LogP contribution is -2.46. The van der Waals surface area contributed by atoms with Crippen LogP contribution in [0.15, 0.2) is 53.4 Å². The number of rotatable bonds is 5. The molecule has 2 fully saturated rings. The summed E-state index contributed by atoms with van der Waals surface area (Å²) < 4.78 is 27.9. The van der Waals surface area contributed by atoms with E-state index in [0.29, 0.717) is 18.5 Å². The lowest BCUT2D eigenvalue weighted by molar-refractivity contribution is -0.122. The summed E-state index contributed by atoms with van der Waals surface area (Å²) >= 11 is 0. The number of hydrogen-bond acceptors (Lipinski definition) is 4. The zero-order valence-corrected chi connectivity index (χ0v) is 16.6. The van der Waals surface area contributed by atoms with Gasteiger partial charge in [-0.3, -0.25) is 9.59 Å². The highest BCUT2D eigenvalue weighted by Crippen LogP contribution is 2.38. The predicted molar refractivity (Wildman–Crippen MR) is 105 cm³/mol. The Hall–Kier alpha value is -2.51. The SMILES string of the molecule is Cc1ccc(N2C(=O)CC(N(C3CC3)S(=O)(=O)c3ccc(C)cc3)C2=O)cc1. The first-order chi connectivity index (χ1) is 13.3. The molecule has 2 aromatic rings. The zero-order valence-electron chi connectivity index (χ0n) is 15.8. The van der Waals surface area contributed by atoms with Gasteiger partial charge in [-0.2, -0.15) is 4.31 Å². The fourth-order valence-corrected chi connectivity index (χ4v) is 5.39. The maximum atomic E-state index is 13.3. The van der Waals surface area contributed by atoms with Gasteiger partial charge >= 0.3 is 0 Å². The highest BCUT2D eigenvalue weighted by atomic mass is 32.2. The van der Waals surface area contributed by atoms with Crippen LogP contribution in [0.4, 0.5) is 5.69 Å². The summed E-state index contributed by atoms with van der Waals surface area (Å²) in [5.41, 5.74) is 2.45. The van der Waals surface area contributed by atoms with Crippen molar-refractivity contribution in [2.24, 2.45) is 0 Å². The maximum Gasteiger partial charge on any atom is 0.252 e. The van der Waals surface area contributed by atoms with Gasteiger partial charge in [-0.25, -0.2) is 13.3 Å². The number of carbonyl (C=O) groups is 2. The fraction of sp³-hybridized carbons (Fsp3) is 0.333. The quantitative estimate of drug-likeness (QED) is 0.726. The molecule has 1 aliphatic heterocycles. The summed E-state index contributed by atoms with van der Waals surface area (Å²) in [5, 5.41) is 0. The number of nitrogens with zero attached hydrogens (tertiary/aromatic N) is 2. The molecule has 0 aromatic heterocycles. The second kappa shape index (κ2) is 6.83. The third kappa shape index (κ3) is 3.25. The van der Waals surface area contributed by atoms with Gasteiger partial charge in [0.15, 0.2) is 0 Å². The molecule has 1 saturated heterocycles. The number of imide groups is 1. The number of carbonyl (C=O) groups excluding carboxylic acids is 2. The van der Waals surface area contributed by atoms with E-state index in [-0.39, 0.29) is 23.3 Å². The summed E-state index contributed by atoms with van der Waals surface area (Å²) in [5.74, 6) is -0.847. The smallest absolute Gasteiger partial charge is 0.252 e. The van der Waals surface area contributed by atoms with Crippen LogP contribution in [0.25, 0.3) is 0 Å². The molecule has 7 heteroatoms. The van der Waals surface area contributed by atoms with E-state index in [1.165, 1.54) is 4.31 Å². The van der Waals surface area contributed by atoms with Gasteiger partial charge in [0.25, 0.3) is 5.91 Å². The van der Waals surface area contributed by atoms with Crippen LogP contribution in [0, 0.1) is 13.8 Å². The third-order valence-electron chi connectivity index (χ3n) is 5.23. The topological polar surface area (TPSA) is 74.8 Å². The van der Waals surface area contributed by atoms with Crippen LogP contribution in [-0.4, -0.2) is 36.6 Å². The van der Waals surface area contributed by atoms with Gasteiger partial charge in [0.1, 0.15) is 6.04 Å². The summed E-state index contributed by atoms with van der Waals surface area (Å²) in [6, 6.07) is 12.4. The monoisotopic (exact) mass is 398 g/mol. The third-order valence-corrected chi connectivity index (χ3v) is 7.20. The Balaban J connectivity index is 1.69. The molecule has 1 aliphatic carbocycles. The van der Waals surface area contributed by atoms with Crippen LogP contribution in [0.2, 0.25) is 0 Å². The predicted octanol–water partition coefficient (Wildman–Crippen LogP) is 2.79. The first kappa shape index (κ1) is 18.8. The van der Waals surface area contributed by atoms with E-state index in [2.05, 4.69) is 0 Å². The van der Waals surface area contributed by atoms with Crippen molar-refractivity contribution >= 4 is 27.5 Å². The number of benzene rings is 2. The Morgan fingerprint density at radius 2 is 1.43 bits per heavy atom. The Morgan fingerprint density at radius 3 is 1.96 bits per heavy atom. The fourth-order valence-electron chi connectivity index (χ4n) is 3.56. The van der Waals surface area contributed by atoms with E-state index in [9.17, 15) is 18.0 Å². The largest absolute Gasteiger partial charge is 0.274 e. The molecular formula is C21H22N2O4S. The molecule has 28 heavy (non-hydrogen) atoms. The number of hydrogen-bond donors (Lipinski definition) is 0. The maximum absolute atomic E-state index is 13.3. The molecule has 1 heterocycles. The summed E-state index contributed by atoms with van der Waals surface area (Å²) in [7, 11) is -3.87. The number of anilines is 1. The molecule has 1 atom stereocenters. The van der Waals surface area contributed by atoms with Gasteiger partial charge in [-0.05, 0) is 51.0 Å². The molecule has 0 bridgehead atoms. The lowest BCUT2D eigenvalue weighted by Gasteiger charge is -2.26. The molecule has 6 nitrogen and oxygen atoms in total. The molecule has 0 N–H and O–H groups in total. The van der Waals surface area contributed by atoms with Crippen LogP contribution in [0.1, 0.15) is 30.4 Å². The van der Waals surface area contributed by atoms with Crippen molar-refractivity contribution in [3.63, 3.8) is 0 Å². The molecule has 0 spiro atoms. The molecule has 1 unspecified atom stereocenters. The van der Waals surface area contributed by atoms with Crippen LogP contribution >= 0.6 is 0 Å². The van der Waals surface area contributed by atoms with Gasteiger partial charge in [-0.1, -0.05) is 35.4 Å². The van der Waals surface area contributed by atoms with E-state index < -0.39 is 22.0 Å². The van der Waals surface area contributed by atoms with E-state index in [0.717, 1.165) is 16.0 Å². The van der Waals surface area contributed by atoms with Crippen LogP contribution in [-0.2, 0) is 19.6 Å². The van der Waals surface area contributed by atoms with E-state index >= 15 is 0 Å². The Labute approximate surface area is 164 Å². The van der Waals surface area contributed by atoms with Crippen molar-refractivity contribution in [2.45, 2.75) is 50.1 Å². The number of aryl methyl sites for hydroxylation is 2. The molecule has 146 valence electrons. The van der Waals surface area contributed by atoms with Crippen molar-refractivity contribution in [2.75, 3.05) is 4.90 Å². The van der Waals surface area contributed by atoms with E-state index in [1.54, 1.807) is 36.4 Å². The second-order valence-electron chi connectivity index (χ2n) is 7.50. The molecular weight excluding hydrogens is 376 g/mol. The van der Waals surface area contributed by atoms with Crippen molar-refractivity contribution in [1.29, 1.82) is 0 Å². The lowest BCUT2D eigenvalue weighted by atomic mass is 10.2. The van der Waals surface area contributed by atoms with Crippen LogP contribution in [0.5, 0.6) is 0 Å². The number of amides is 2. The van der Waals surface area contributed by atoms with Gasteiger partial charge < -0.3 is 0 Å². The first-order valence-electron chi connectivity index (χ1n) is 9.33. The molecule has 2 aliphatic rings. The molecule has 2 amide bonds. The minimum absolute atomic E-state index is 0.131. The van der Waals surface area contributed by atoms with Gasteiger partial charge in [0.05, 0.1) is 17.0 Å². The standard InChI is InChI=1S/C21H22N2O4S/c1-14-3-7-16(8-4-14)22-20(24)13-19(21(22)25)23(17-9-10-17)28(26,27)18-11-5-15(2)6-12-18/h3-8,11-12,17,19H,9-10,13H2,1-2H3. The van der Waals surface area contributed by atoms with Crippen LogP contribution < -0.4 is 4.90 Å². The average Bonchev–Trinajstić information content (AvgIpc) is 3.43. The van der Waals surface area contributed by atoms with Crippen molar-refractivity contribution in [1.82, 2.24) is 4.31 Å². The Morgan fingerprint density at radius 1 is 0.893 bits per heavy atom. The molecule has 2 aromatic carbocycles. The normalized spacial score (nSPS) is 20.2. The van der Waals surface area contributed by atoms with Gasteiger partial charge in [0, 0.05) is 6.04 Å². The molecule has 0 radical (unpaired) electrons. The van der Waals surface area contributed by atoms with E-state index in [1.807, 2.05) is 26.0 Å². The van der Waals surface area contributed by atoms with Gasteiger partial charge in [0.2, 0.25) is 15.9 Å². The second-order valence-corrected chi connectivity index (χ2v) is 9.35. The summed E-state index contributed by atoms with van der Waals surface area (Å²) in [4.78, 5) is 27.0. The minimum Gasteiger partial charge on any atom is -0.274 e.